The van der Waals surface area contributed by atoms with Crippen LogP contribution >= 0.6 is 11.3 Å². The molecule has 0 bridgehead atoms. The highest BCUT2D eigenvalue weighted by Crippen LogP contribution is 2.10. The van der Waals surface area contributed by atoms with E-state index < -0.39 is 0 Å². The molecule has 0 unspecified atom stereocenters. The minimum atomic E-state index is -0.334. The van der Waals surface area contributed by atoms with Gasteiger partial charge in [-0.05, 0) is 46.1 Å². The summed E-state index contributed by atoms with van der Waals surface area (Å²) in [4.78, 5) is 12.5. The minimum Gasteiger partial charge on any atom is -0.344 e. The molecule has 0 saturated carbocycles. The molecule has 1 aromatic carbocycles. The number of thiophene rings is 1. The third-order valence-corrected chi connectivity index (χ3v) is 3.63. The van der Waals surface area contributed by atoms with Crippen LogP contribution < -0.4 is 5.32 Å². The lowest BCUT2D eigenvalue weighted by molar-refractivity contribution is 0.0953. The van der Waals surface area contributed by atoms with Crippen LogP contribution in [0.3, 0.4) is 0 Å². The van der Waals surface area contributed by atoms with Crippen molar-refractivity contribution in [2.45, 2.75) is 6.54 Å². The van der Waals surface area contributed by atoms with E-state index in [1.165, 1.54) is 28.2 Å². The van der Waals surface area contributed by atoms with Gasteiger partial charge < -0.3 is 5.32 Å². The molecule has 0 atom stereocenters. The highest BCUT2D eigenvalue weighted by atomic mass is 32.1. The Morgan fingerprint density at radius 2 is 2.10 bits per heavy atom. The quantitative estimate of drug-likeness (QED) is 0.797. The zero-order chi connectivity index (χ0) is 14.7. The predicted molar refractivity (Wildman–Crippen MR) is 74.6 cm³/mol. The first kappa shape index (κ1) is 13.4. The number of nitrogens with zero attached hydrogens (tertiary/aromatic N) is 4. The van der Waals surface area contributed by atoms with Crippen LogP contribution in [0.4, 0.5) is 4.39 Å². The van der Waals surface area contributed by atoms with Gasteiger partial charge in [0.05, 0.1) is 17.1 Å². The van der Waals surface area contributed by atoms with Gasteiger partial charge in [0.2, 0.25) is 0 Å². The highest BCUT2D eigenvalue weighted by Gasteiger charge is 2.11. The van der Waals surface area contributed by atoms with Gasteiger partial charge in [-0.2, -0.15) is 4.68 Å². The van der Waals surface area contributed by atoms with Crippen LogP contribution in [-0.2, 0) is 6.54 Å². The fourth-order valence-corrected chi connectivity index (χ4v) is 2.39. The molecule has 106 valence electrons. The van der Waals surface area contributed by atoms with Crippen molar-refractivity contribution in [3.63, 3.8) is 0 Å². The van der Waals surface area contributed by atoms with Crippen LogP contribution in [0.1, 0.15) is 15.5 Å². The van der Waals surface area contributed by atoms with E-state index in [1.807, 2.05) is 11.4 Å². The molecule has 3 aromatic rings. The van der Waals surface area contributed by atoms with E-state index in [9.17, 15) is 9.18 Å². The van der Waals surface area contributed by atoms with Crippen molar-refractivity contribution in [2.24, 2.45) is 0 Å². The van der Waals surface area contributed by atoms with Crippen molar-refractivity contribution >= 4 is 17.2 Å². The Kier molecular flexibility index (Phi) is 3.69. The molecule has 1 N–H and O–H groups in total. The summed E-state index contributed by atoms with van der Waals surface area (Å²) in [6.45, 7) is 0.182. The molecule has 2 aromatic heterocycles. The van der Waals surface area contributed by atoms with E-state index in [0.717, 1.165) is 0 Å². The summed E-state index contributed by atoms with van der Waals surface area (Å²) in [5.74, 6) is -0.0513. The molecule has 2 heterocycles. The molecule has 0 aliphatic carbocycles. The Hall–Kier alpha value is -2.61. The molecule has 6 nitrogen and oxygen atoms in total. The maximum Gasteiger partial charge on any atom is 0.261 e. The number of aromatic nitrogens is 4. The smallest absolute Gasteiger partial charge is 0.261 e. The lowest BCUT2D eigenvalue weighted by Gasteiger charge is -2.05. The number of carbonyl (C=O) groups is 1. The summed E-state index contributed by atoms with van der Waals surface area (Å²) in [6, 6.07) is 9.33. The van der Waals surface area contributed by atoms with Crippen LogP contribution in [0.25, 0.3) is 5.69 Å². The first-order chi connectivity index (χ1) is 10.2. The topological polar surface area (TPSA) is 72.7 Å². The number of rotatable bonds is 4. The Bertz CT molecular complexity index is 738. The van der Waals surface area contributed by atoms with Crippen LogP contribution in [0, 0.1) is 5.82 Å². The van der Waals surface area contributed by atoms with Gasteiger partial charge in [0.1, 0.15) is 5.82 Å². The van der Waals surface area contributed by atoms with E-state index >= 15 is 0 Å². The maximum absolute atomic E-state index is 12.9. The maximum atomic E-state index is 12.9. The number of nitrogens with one attached hydrogen (secondary N) is 1. The number of halogens is 1. The van der Waals surface area contributed by atoms with Gasteiger partial charge in [-0.25, -0.2) is 4.39 Å². The van der Waals surface area contributed by atoms with Gasteiger partial charge in [0.25, 0.3) is 5.91 Å². The SMILES string of the molecule is O=C(NCc1nnnn1-c1ccc(F)cc1)c1cccs1. The summed E-state index contributed by atoms with van der Waals surface area (Å²) in [5.41, 5.74) is 0.627. The highest BCUT2D eigenvalue weighted by molar-refractivity contribution is 7.12. The standard InChI is InChI=1S/C13H10FN5OS/c14-9-3-5-10(6-4-9)19-12(16-17-18-19)8-15-13(20)11-2-1-7-21-11/h1-7H,8H2,(H,15,20). The molecular weight excluding hydrogens is 293 g/mol. The first-order valence-electron chi connectivity index (χ1n) is 6.09. The van der Waals surface area contributed by atoms with E-state index in [0.29, 0.717) is 16.4 Å². The van der Waals surface area contributed by atoms with Gasteiger partial charge in [-0.1, -0.05) is 6.07 Å². The lowest BCUT2D eigenvalue weighted by Crippen LogP contribution is -2.23. The van der Waals surface area contributed by atoms with E-state index in [-0.39, 0.29) is 18.3 Å². The minimum absolute atomic E-state index is 0.182. The second-order valence-corrected chi connectivity index (χ2v) is 5.09. The third kappa shape index (κ3) is 2.95. The van der Waals surface area contributed by atoms with Crippen molar-refractivity contribution in [3.05, 3.63) is 58.3 Å². The summed E-state index contributed by atoms with van der Waals surface area (Å²) >= 11 is 1.36. The second kappa shape index (κ2) is 5.80. The number of carbonyl (C=O) groups excluding carboxylic acids is 1. The average molecular weight is 303 g/mol. The summed E-state index contributed by atoms with van der Waals surface area (Å²) in [7, 11) is 0. The predicted octanol–water partition coefficient (Wildman–Crippen LogP) is 1.79. The van der Waals surface area contributed by atoms with Crippen LogP contribution in [-0.4, -0.2) is 26.1 Å². The zero-order valence-corrected chi connectivity index (χ0v) is 11.5. The van der Waals surface area contributed by atoms with Gasteiger partial charge >= 0.3 is 0 Å². The summed E-state index contributed by atoms with van der Waals surface area (Å²) in [6.07, 6.45) is 0. The Morgan fingerprint density at radius 1 is 1.29 bits per heavy atom. The number of hydrogen-bond acceptors (Lipinski definition) is 5. The molecule has 8 heteroatoms. The van der Waals surface area contributed by atoms with Crippen molar-refractivity contribution < 1.29 is 9.18 Å². The number of tetrazole rings is 1. The van der Waals surface area contributed by atoms with Crippen molar-refractivity contribution in [3.8, 4) is 5.69 Å². The molecule has 0 fully saturated rings. The molecule has 3 rings (SSSR count). The Labute approximate surface area is 123 Å². The van der Waals surface area contributed by atoms with Crippen LogP contribution in [0.15, 0.2) is 41.8 Å². The van der Waals surface area contributed by atoms with Crippen LogP contribution in [0.5, 0.6) is 0 Å². The number of amides is 1. The van der Waals surface area contributed by atoms with Crippen molar-refractivity contribution in [1.82, 2.24) is 25.5 Å². The van der Waals surface area contributed by atoms with Gasteiger partial charge in [0, 0.05) is 0 Å². The number of benzene rings is 1. The average Bonchev–Trinajstić information content (AvgIpc) is 3.17. The summed E-state index contributed by atoms with van der Waals surface area (Å²) in [5, 5.41) is 15.9. The van der Waals surface area contributed by atoms with E-state index in [4.69, 9.17) is 0 Å². The summed E-state index contributed by atoms with van der Waals surface area (Å²) < 4.78 is 14.4. The van der Waals surface area contributed by atoms with E-state index in [1.54, 1.807) is 18.2 Å². The van der Waals surface area contributed by atoms with Crippen molar-refractivity contribution in [2.75, 3.05) is 0 Å². The molecule has 0 spiro atoms. The van der Waals surface area contributed by atoms with Gasteiger partial charge in [-0.3, -0.25) is 4.79 Å². The Morgan fingerprint density at radius 3 is 2.81 bits per heavy atom. The Balaban J connectivity index is 1.74. The molecule has 1 amide bonds. The molecule has 0 saturated heterocycles. The molecule has 0 radical (unpaired) electrons. The fraction of sp³-hybridized carbons (Fsp3) is 0.0769. The molecule has 0 aliphatic heterocycles. The largest absolute Gasteiger partial charge is 0.344 e. The normalized spacial score (nSPS) is 10.5. The van der Waals surface area contributed by atoms with Crippen molar-refractivity contribution in [1.29, 1.82) is 0 Å². The van der Waals surface area contributed by atoms with Gasteiger partial charge in [0.15, 0.2) is 5.82 Å². The zero-order valence-electron chi connectivity index (χ0n) is 10.7. The molecule has 21 heavy (non-hydrogen) atoms. The number of hydrogen-bond donors (Lipinski definition) is 1. The lowest BCUT2D eigenvalue weighted by atomic mass is 10.3. The fourth-order valence-electron chi connectivity index (χ4n) is 1.75. The molecular formula is C13H10FN5OS. The first-order valence-corrected chi connectivity index (χ1v) is 6.97. The monoisotopic (exact) mass is 303 g/mol. The molecule has 0 aliphatic rings. The van der Waals surface area contributed by atoms with Gasteiger partial charge in [-0.15, -0.1) is 16.4 Å². The van der Waals surface area contributed by atoms with Crippen LogP contribution in [0.2, 0.25) is 0 Å². The third-order valence-electron chi connectivity index (χ3n) is 2.76. The second-order valence-electron chi connectivity index (χ2n) is 4.14. The van der Waals surface area contributed by atoms with E-state index in [2.05, 4.69) is 20.8 Å².